The fourth-order valence-corrected chi connectivity index (χ4v) is 2.55. The van der Waals surface area contributed by atoms with Gasteiger partial charge in [-0.15, -0.1) is 0 Å². The first-order valence-corrected chi connectivity index (χ1v) is 7.94. The van der Waals surface area contributed by atoms with Crippen LogP contribution in [0, 0.1) is 12.8 Å². The Morgan fingerprint density at radius 1 is 1.45 bits per heavy atom. The molecule has 1 amide bonds. The molecule has 1 aromatic heterocycles. The molecule has 0 atom stereocenters. The molecule has 1 aliphatic rings. The lowest BCUT2D eigenvalue weighted by Gasteiger charge is -2.33. The number of nitrogens with one attached hydrogen (secondary N) is 1. The molecule has 1 aromatic rings. The zero-order chi connectivity index (χ0) is 16.2. The summed E-state index contributed by atoms with van der Waals surface area (Å²) in [6.07, 6.45) is 1.81. The summed E-state index contributed by atoms with van der Waals surface area (Å²) in [4.78, 5) is 13.8. The minimum absolute atomic E-state index is 0.198. The van der Waals surface area contributed by atoms with Crippen molar-refractivity contribution < 1.29 is 14.1 Å². The molecule has 0 bridgehead atoms. The van der Waals surface area contributed by atoms with E-state index >= 15 is 0 Å². The highest BCUT2D eigenvalue weighted by Gasteiger charge is 2.26. The van der Waals surface area contributed by atoms with Crippen LogP contribution >= 0.6 is 0 Å². The first kappa shape index (κ1) is 16.8. The summed E-state index contributed by atoms with van der Waals surface area (Å²) in [5, 5.41) is 7.27. The topological polar surface area (TPSA) is 67.6 Å². The van der Waals surface area contributed by atoms with Gasteiger partial charge in [-0.05, 0) is 53.0 Å². The summed E-state index contributed by atoms with van der Waals surface area (Å²) in [6, 6.07) is 1.94. The molecular formula is C16H27N3O3. The van der Waals surface area contributed by atoms with Crippen LogP contribution in [-0.4, -0.2) is 41.4 Å². The molecule has 0 aromatic carbocycles. The summed E-state index contributed by atoms with van der Waals surface area (Å²) < 4.78 is 10.6. The van der Waals surface area contributed by atoms with Crippen molar-refractivity contribution in [3.8, 4) is 0 Å². The van der Waals surface area contributed by atoms with Crippen LogP contribution in [0.1, 0.15) is 45.1 Å². The van der Waals surface area contributed by atoms with Crippen molar-refractivity contribution in [3.05, 3.63) is 17.5 Å². The first-order valence-electron chi connectivity index (χ1n) is 7.94. The summed E-state index contributed by atoms with van der Waals surface area (Å²) in [7, 11) is 0. The highest BCUT2D eigenvalue weighted by molar-refractivity contribution is 5.68. The maximum Gasteiger partial charge on any atom is 0.410 e. The highest BCUT2D eigenvalue weighted by atomic mass is 16.6. The maximum absolute atomic E-state index is 12.0. The Kier molecular flexibility index (Phi) is 5.45. The van der Waals surface area contributed by atoms with E-state index in [0.717, 1.165) is 43.9 Å². The fourth-order valence-electron chi connectivity index (χ4n) is 2.55. The van der Waals surface area contributed by atoms with Crippen LogP contribution in [0.25, 0.3) is 0 Å². The van der Waals surface area contributed by atoms with E-state index < -0.39 is 5.60 Å². The molecule has 1 N–H and O–H groups in total. The van der Waals surface area contributed by atoms with Crippen molar-refractivity contribution >= 4 is 6.09 Å². The van der Waals surface area contributed by atoms with Gasteiger partial charge in [0.2, 0.25) is 0 Å². The van der Waals surface area contributed by atoms with Crippen LogP contribution in [0.3, 0.4) is 0 Å². The van der Waals surface area contributed by atoms with Gasteiger partial charge in [-0.25, -0.2) is 4.79 Å². The third kappa shape index (κ3) is 5.33. The van der Waals surface area contributed by atoms with Crippen LogP contribution in [0.5, 0.6) is 0 Å². The molecule has 0 unspecified atom stereocenters. The summed E-state index contributed by atoms with van der Waals surface area (Å²) >= 11 is 0. The number of hydrogen-bond acceptors (Lipinski definition) is 5. The molecule has 124 valence electrons. The van der Waals surface area contributed by atoms with E-state index in [-0.39, 0.29) is 6.09 Å². The molecular weight excluding hydrogens is 282 g/mol. The molecule has 2 rings (SSSR count). The van der Waals surface area contributed by atoms with Crippen LogP contribution in [0.15, 0.2) is 10.6 Å². The van der Waals surface area contributed by atoms with Gasteiger partial charge >= 0.3 is 6.09 Å². The molecule has 0 spiro atoms. The molecule has 2 heterocycles. The lowest BCUT2D eigenvalue weighted by Crippen LogP contribution is -2.43. The van der Waals surface area contributed by atoms with Gasteiger partial charge in [-0.1, -0.05) is 5.16 Å². The number of piperidine rings is 1. The largest absolute Gasteiger partial charge is 0.444 e. The van der Waals surface area contributed by atoms with E-state index in [1.165, 1.54) is 0 Å². The molecule has 0 aliphatic carbocycles. The highest BCUT2D eigenvalue weighted by Crippen LogP contribution is 2.19. The second kappa shape index (κ2) is 7.13. The summed E-state index contributed by atoms with van der Waals surface area (Å²) in [6.45, 7) is 10.8. The van der Waals surface area contributed by atoms with Gasteiger partial charge in [-0.3, -0.25) is 0 Å². The SMILES string of the molecule is Cc1cc(CNCC2CCN(C(=O)OC(C)(C)C)CC2)on1. The van der Waals surface area contributed by atoms with E-state index in [0.29, 0.717) is 12.5 Å². The lowest BCUT2D eigenvalue weighted by molar-refractivity contribution is 0.0184. The Labute approximate surface area is 132 Å². The average Bonchev–Trinajstić information content (AvgIpc) is 2.83. The minimum Gasteiger partial charge on any atom is -0.444 e. The quantitative estimate of drug-likeness (QED) is 0.926. The Bertz CT molecular complexity index is 485. The van der Waals surface area contributed by atoms with Gasteiger partial charge in [0.25, 0.3) is 0 Å². The molecule has 6 heteroatoms. The Balaban J connectivity index is 1.65. The zero-order valence-electron chi connectivity index (χ0n) is 14.0. The predicted octanol–water partition coefficient (Wildman–Crippen LogP) is 2.72. The van der Waals surface area contributed by atoms with Crippen LogP contribution in [0.4, 0.5) is 4.79 Å². The van der Waals surface area contributed by atoms with Crippen molar-refractivity contribution in [1.82, 2.24) is 15.4 Å². The molecule has 1 fully saturated rings. The minimum atomic E-state index is -0.426. The van der Waals surface area contributed by atoms with Crippen LogP contribution in [0.2, 0.25) is 0 Å². The second-order valence-corrected chi connectivity index (χ2v) is 6.98. The van der Waals surface area contributed by atoms with Crippen molar-refractivity contribution in [2.24, 2.45) is 5.92 Å². The normalized spacial score (nSPS) is 16.8. The van der Waals surface area contributed by atoms with E-state index in [9.17, 15) is 4.79 Å². The third-order valence-electron chi connectivity index (χ3n) is 3.68. The van der Waals surface area contributed by atoms with E-state index in [1.54, 1.807) is 0 Å². The zero-order valence-corrected chi connectivity index (χ0v) is 14.0. The van der Waals surface area contributed by atoms with Crippen molar-refractivity contribution in [3.63, 3.8) is 0 Å². The molecule has 0 radical (unpaired) electrons. The Hall–Kier alpha value is -1.56. The number of carbonyl (C=O) groups excluding carboxylic acids is 1. The van der Waals surface area contributed by atoms with Gasteiger partial charge in [0, 0.05) is 19.2 Å². The number of amides is 1. The van der Waals surface area contributed by atoms with Crippen LogP contribution in [-0.2, 0) is 11.3 Å². The van der Waals surface area contributed by atoms with Gasteiger partial charge in [0.15, 0.2) is 5.76 Å². The summed E-state index contributed by atoms with van der Waals surface area (Å²) in [5.74, 6) is 1.45. The number of carbonyl (C=O) groups is 1. The lowest BCUT2D eigenvalue weighted by atomic mass is 9.97. The molecule has 1 saturated heterocycles. The predicted molar refractivity (Wildman–Crippen MR) is 83.5 cm³/mol. The maximum atomic E-state index is 12.0. The van der Waals surface area contributed by atoms with Gasteiger partial charge in [-0.2, -0.15) is 0 Å². The first-order chi connectivity index (χ1) is 10.3. The van der Waals surface area contributed by atoms with E-state index in [2.05, 4.69) is 10.5 Å². The van der Waals surface area contributed by atoms with E-state index in [1.807, 2.05) is 38.7 Å². The number of rotatable bonds is 4. The smallest absolute Gasteiger partial charge is 0.410 e. The van der Waals surface area contributed by atoms with Crippen LogP contribution < -0.4 is 5.32 Å². The van der Waals surface area contributed by atoms with Crippen molar-refractivity contribution in [2.75, 3.05) is 19.6 Å². The monoisotopic (exact) mass is 309 g/mol. The number of hydrogen-bond donors (Lipinski definition) is 1. The number of nitrogens with zero attached hydrogens (tertiary/aromatic N) is 2. The van der Waals surface area contributed by atoms with Gasteiger partial charge in [0.05, 0.1) is 12.2 Å². The number of aromatic nitrogens is 1. The molecule has 0 saturated carbocycles. The molecule has 1 aliphatic heterocycles. The number of likely N-dealkylation sites (tertiary alicyclic amines) is 1. The summed E-state index contributed by atoms with van der Waals surface area (Å²) in [5.41, 5.74) is 0.479. The fraction of sp³-hybridized carbons (Fsp3) is 0.750. The van der Waals surface area contributed by atoms with Gasteiger partial charge < -0.3 is 19.5 Å². The third-order valence-corrected chi connectivity index (χ3v) is 3.68. The number of ether oxygens (including phenoxy) is 1. The molecule has 6 nitrogen and oxygen atoms in total. The molecule has 22 heavy (non-hydrogen) atoms. The van der Waals surface area contributed by atoms with Gasteiger partial charge in [0.1, 0.15) is 5.60 Å². The second-order valence-electron chi connectivity index (χ2n) is 6.98. The van der Waals surface area contributed by atoms with Crippen molar-refractivity contribution in [1.29, 1.82) is 0 Å². The van der Waals surface area contributed by atoms with E-state index in [4.69, 9.17) is 9.26 Å². The Morgan fingerprint density at radius 2 is 2.14 bits per heavy atom. The standard InChI is InChI=1S/C16H27N3O3/c1-12-9-14(22-18-12)11-17-10-13-5-7-19(8-6-13)15(20)21-16(2,3)4/h9,13,17H,5-8,10-11H2,1-4H3. The average molecular weight is 309 g/mol. The number of aryl methyl sites for hydroxylation is 1. The Morgan fingerprint density at radius 3 is 2.68 bits per heavy atom. The van der Waals surface area contributed by atoms with Crippen molar-refractivity contribution in [2.45, 2.75) is 52.7 Å².